The molecule has 0 saturated carbocycles. The fourth-order valence-corrected chi connectivity index (χ4v) is 2.27. The highest BCUT2D eigenvalue weighted by Gasteiger charge is 2.30. The fourth-order valence-electron chi connectivity index (χ4n) is 2.27. The van der Waals surface area contributed by atoms with Crippen LogP contribution in [-0.4, -0.2) is 24.5 Å². The molecule has 1 aliphatic rings. The van der Waals surface area contributed by atoms with Gasteiger partial charge in [-0.15, -0.1) is 0 Å². The number of rotatable bonds is 2. The van der Waals surface area contributed by atoms with E-state index in [-0.39, 0.29) is 17.9 Å². The highest BCUT2D eigenvalue weighted by Crippen LogP contribution is 2.26. The van der Waals surface area contributed by atoms with E-state index < -0.39 is 0 Å². The van der Waals surface area contributed by atoms with Crippen LogP contribution >= 0.6 is 0 Å². The first-order valence-electron chi connectivity index (χ1n) is 6.05. The maximum atomic E-state index is 11.9. The summed E-state index contributed by atoms with van der Waals surface area (Å²) in [6, 6.07) is 7.88. The van der Waals surface area contributed by atoms with E-state index in [0.717, 1.165) is 25.1 Å². The molecule has 0 bridgehead atoms. The van der Waals surface area contributed by atoms with E-state index in [1.807, 2.05) is 31.2 Å². The van der Waals surface area contributed by atoms with Crippen LogP contribution in [0.15, 0.2) is 29.3 Å². The number of hydrogen-bond donors (Lipinski definition) is 2. The Bertz CT molecular complexity index is 462. The predicted octanol–water partition coefficient (Wildman–Crippen LogP) is 0.764. The zero-order valence-corrected chi connectivity index (χ0v) is 10.5. The minimum absolute atomic E-state index is 0.171. The zero-order chi connectivity index (χ0) is 13.1. The Labute approximate surface area is 106 Å². The van der Waals surface area contributed by atoms with E-state index in [4.69, 9.17) is 11.5 Å². The SMILES string of the molecule is Cc1ccc(N2CCCC2C(=O)N=C(N)N)cc1. The third kappa shape index (κ3) is 2.61. The summed E-state index contributed by atoms with van der Waals surface area (Å²) in [7, 11) is 0. The molecule has 4 N–H and O–H groups in total. The second-order valence-electron chi connectivity index (χ2n) is 4.56. The van der Waals surface area contributed by atoms with Gasteiger partial charge in [-0.3, -0.25) is 4.79 Å². The molecule has 0 aliphatic carbocycles. The minimum Gasteiger partial charge on any atom is -0.370 e. The van der Waals surface area contributed by atoms with Gasteiger partial charge in [0.1, 0.15) is 6.04 Å². The van der Waals surface area contributed by atoms with Crippen molar-refractivity contribution in [2.24, 2.45) is 16.5 Å². The Balaban J connectivity index is 2.19. The molecule has 1 fully saturated rings. The number of aryl methyl sites for hydroxylation is 1. The third-order valence-electron chi connectivity index (χ3n) is 3.14. The molecule has 0 radical (unpaired) electrons. The standard InChI is InChI=1S/C13H18N4O/c1-9-4-6-10(7-5-9)17-8-2-3-11(17)12(18)16-13(14)15/h4-7,11H,2-3,8H2,1H3,(H4,14,15,16,18). The van der Waals surface area contributed by atoms with Crippen molar-refractivity contribution in [3.05, 3.63) is 29.8 Å². The number of nitrogens with zero attached hydrogens (tertiary/aromatic N) is 2. The topological polar surface area (TPSA) is 84.7 Å². The van der Waals surface area contributed by atoms with Crippen molar-refractivity contribution in [2.45, 2.75) is 25.8 Å². The van der Waals surface area contributed by atoms with E-state index in [9.17, 15) is 4.79 Å². The number of guanidine groups is 1. The van der Waals surface area contributed by atoms with Crippen molar-refractivity contribution in [1.29, 1.82) is 0 Å². The molecule has 1 aromatic rings. The molecule has 1 unspecified atom stereocenters. The van der Waals surface area contributed by atoms with Crippen molar-refractivity contribution in [2.75, 3.05) is 11.4 Å². The summed E-state index contributed by atoms with van der Waals surface area (Å²) in [6.45, 7) is 2.90. The van der Waals surface area contributed by atoms with Gasteiger partial charge in [-0.1, -0.05) is 17.7 Å². The fraction of sp³-hybridized carbons (Fsp3) is 0.385. The van der Waals surface area contributed by atoms with Crippen LogP contribution in [0.3, 0.4) is 0 Å². The highest BCUT2D eigenvalue weighted by atomic mass is 16.2. The summed E-state index contributed by atoms with van der Waals surface area (Å²) < 4.78 is 0. The molecule has 1 aliphatic heterocycles. The molecule has 18 heavy (non-hydrogen) atoms. The smallest absolute Gasteiger partial charge is 0.271 e. The summed E-state index contributed by atoms with van der Waals surface area (Å²) in [5, 5.41) is 0. The molecular formula is C13H18N4O. The van der Waals surface area contributed by atoms with Crippen LogP contribution in [-0.2, 0) is 4.79 Å². The van der Waals surface area contributed by atoms with Crippen molar-refractivity contribution in [1.82, 2.24) is 0 Å². The molecule has 1 heterocycles. The summed E-state index contributed by atoms with van der Waals surface area (Å²) in [4.78, 5) is 17.6. The maximum Gasteiger partial charge on any atom is 0.271 e. The van der Waals surface area contributed by atoms with Crippen molar-refractivity contribution < 1.29 is 4.79 Å². The number of nitrogens with two attached hydrogens (primary N) is 2. The summed E-state index contributed by atoms with van der Waals surface area (Å²) in [5.74, 6) is -0.427. The number of carbonyl (C=O) groups is 1. The summed E-state index contributed by atoms with van der Waals surface area (Å²) in [5.41, 5.74) is 12.7. The maximum absolute atomic E-state index is 11.9. The molecule has 5 nitrogen and oxygen atoms in total. The van der Waals surface area contributed by atoms with Crippen LogP contribution in [0.2, 0.25) is 0 Å². The predicted molar refractivity (Wildman–Crippen MR) is 72.4 cm³/mol. The Hall–Kier alpha value is -2.04. The quantitative estimate of drug-likeness (QED) is 0.596. The van der Waals surface area contributed by atoms with Gasteiger partial charge in [0.25, 0.3) is 5.91 Å². The van der Waals surface area contributed by atoms with Gasteiger partial charge in [0.2, 0.25) is 0 Å². The molecule has 2 rings (SSSR count). The number of amides is 1. The second kappa shape index (κ2) is 5.08. The number of aliphatic imine (C=N–C) groups is 1. The van der Waals surface area contributed by atoms with E-state index in [1.54, 1.807) is 0 Å². The van der Waals surface area contributed by atoms with E-state index in [0.29, 0.717) is 0 Å². The normalized spacial score (nSPS) is 18.7. The number of carbonyl (C=O) groups excluding carboxylic acids is 1. The average Bonchev–Trinajstić information content (AvgIpc) is 2.78. The Kier molecular flexibility index (Phi) is 3.50. The third-order valence-corrected chi connectivity index (χ3v) is 3.14. The van der Waals surface area contributed by atoms with Gasteiger partial charge in [-0.05, 0) is 31.9 Å². The number of benzene rings is 1. The van der Waals surface area contributed by atoms with Gasteiger partial charge < -0.3 is 16.4 Å². The molecular weight excluding hydrogens is 228 g/mol. The molecule has 1 atom stereocenters. The average molecular weight is 246 g/mol. The first kappa shape index (κ1) is 12.4. The monoisotopic (exact) mass is 246 g/mol. The van der Waals surface area contributed by atoms with E-state index in [1.165, 1.54) is 5.56 Å². The number of anilines is 1. The first-order chi connectivity index (χ1) is 8.58. The minimum atomic E-state index is -0.256. The molecule has 5 heteroatoms. The van der Waals surface area contributed by atoms with Crippen LogP contribution in [0.4, 0.5) is 5.69 Å². The Morgan fingerprint density at radius 3 is 2.61 bits per heavy atom. The Morgan fingerprint density at radius 2 is 2.00 bits per heavy atom. The number of hydrogen-bond acceptors (Lipinski definition) is 2. The van der Waals surface area contributed by atoms with E-state index >= 15 is 0 Å². The van der Waals surface area contributed by atoms with Gasteiger partial charge in [0.05, 0.1) is 0 Å². The van der Waals surface area contributed by atoms with Gasteiger partial charge in [0.15, 0.2) is 5.96 Å². The van der Waals surface area contributed by atoms with Crippen LogP contribution < -0.4 is 16.4 Å². The molecule has 1 amide bonds. The largest absolute Gasteiger partial charge is 0.370 e. The first-order valence-corrected chi connectivity index (χ1v) is 6.05. The van der Waals surface area contributed by atoms with Gasteiger partial charge in [-0.2, -0.15) is 4.99 Å². The Morgan fingerprint density at radius 1 is 1.33 bits per heavy atom. The summed E-state index contributed by atoms with van der Waals surface area (Å²) >= 11 is 0. The van der Waals surface area contributed by atoms with Gasteiger partial charge in [0, 0.05) is 12.2 Å². The van der Waals surface area contributed by atoms with Gasteiger partial charge in [-0.25, -0.2) is 0 Å². The molecule has 0 spiro atoms. The zero-order valence-electron chi connectivity index (χ0n) is 10.5. The van der Waals surface area contributed by atoms with Crippen LogP contribution in [0.25, 0.3) is 0 Å². The second-order valence-corrected chi connectivity index (χ2v) is 4.56. The highest BCUT2D eigenvalue weighted by molar-refractivity contribution is 5.96. The van der Waals surface area contributed by atoms with Gasteiger partial charge >= 0.3 is 0 Å². The lowest BCUT2D eigenvalue weighted by atomic mass is 10.1. The van der Waals surface area contributed by atoms with Crippen LogP contribution in [0.5, 0.6) is 0 Å². The lowest BCUT2D eigenvalue weighted by Gasteiger charge is -2.24. The molecule has 0 aromatic heterocycles. The molecule has 1 saturated heterocycles. The lowest BCUT2D eigenvalue weighted by molar-refractivity contribution is -0.118. The van der Waals surface area contributed by atoms with Crippen molar-refractivity contribution >= 4 is 17.6 Å². The van der Waals surface area contributed by atoms with Crippen LogP contribution in [0.1, 0.15) is 18.4 Å². The molecule has 1 aromatic carbocycles. The van der Waals surface area contributed by atoms with E-state index in [2.05, 4.69) is 9.89 Å². The molecule has 96 valence electrons. The lowest BCUT2D eigenvalue weighted by Crippen LogP contribution is -2.37. The van der Waals surface area contributed by atoms with Crippen molar-refractivity contribution in [3.63, 3.8) is 0 Å². The van der Waals surface area contributed by atoms with Crippen LogP contribution in [0, 0.1) is 6.92 Å². The van der Waals surface area contributed by atoms with Crippen molar-refractivity contribution in [3.8, 4) is 0 Å². The summed E-state index contributed by atoms with van der Waals surface area (Å²) in [6.07, 6.45) is 1.77.